The molecule has 0 unspecified atom stereocenters. The molecular formula is C19H20O2. The third-order valence-electron chi connectivity index (χ3n) is 6.27. The maximum absolute atomic E-state index is 12.4. The molecule has 2 aliphatic carbocycles. The Kier molecular flexibility index (Phi) is 2.38. The number of aryl methyl sites for hydroxylation is 1. The van der Waals surface area contributed by atoms with Crippen molar-refractivity contribution in [3.63, 3.8) is 0 Å². The zero-order valence-corrected chi connectivity index (χ0v) is 12.6. The second-order valence-corrected chi connectivity index (χ2v) is 7.08. The predicted octanol–water partition coefficient (Wildman–Crippen LogP) is 4.12. The molecule has 21 heavy (non-hydrogen) atoms. The van der Waals surface area contributed by atoms with Crippen LogP contribution in [0.1, 0.15) is 44.2 Å². The van der Waals surface area contributed by atoms with Crippen molar-refractivity contribution in [2.75, 3.05) is 0 Å². The maximum Gasteiger partial charge on any atom is 0.139 e. The summed E-state index contributed by atoms with van der Waals surface area (Å²) in [6.07, 6.45) is 3.56. The molecule has 0 radical (unpaired) electrons. The number of benzene rings is 2. The van der Waals surface area contributed by atoms with Crippen LogP contribution >= 0.6 is 0 Å². The van der Waals surface area contributed by atoms with E-state index in [-0.39, 0.29) is 10.8 Å². The number of fused-ring (bicyclic) bond motifs is 5. The number of hydrogen-bond donors (Lipinski definition) is 1. The van der Waals surface area contributed by atoms with Crippen molar-refractivity contribution in [3.05, 3.63) is 41.5 Å². The Morgan fingerprint density at radius 1 is 1.00 bits per heavy atom. The van der Waals surface area contributed by atoms with Gasteiger partial charge in [-0.15, -0.1) is 0 Å². The van der Waals surface area contributed by atoms with Gasteiger partial charge in [-0.2, -0.15) is 0 Å². The molecule has 108 valence electrons. The molecule has 0 heterocycles. The summed E-state index contributed by atoms with van der Waals surface area (Å²) in [5.74, 6) is 0.742. The van der Waals surface area contributed by atoms with Crippen molar-refractivity contribution in [2.45, 2.75) is 44.9 Å². The molecule has 0 bridgehead atoms. The highest BCUT2D eigenvalue weighted by molar-refractivity contribution is 5.93. The maximum atomic E-state index is 12.4. The molecule has 4 rings (SSSR count). The minimum atomic E-state index is -0.204. The quantitative estimate of drug-likeness (QED) is 0.788. The first-order chi connectivity index (χ1) is 9.96. The summed E-state index contributed by atoms with van der Waals surface area (Å²) in [6.45, 7) is 4.43. The molecular weight excluding hydrogens is 260 g/mol. The summed E-state index contributed by atoms with van der Waals surface area (Å²) in [7, 11) is 0. The summed E-state index contributed by atoms with van der Waals surface area (Å²) < 4.78 is 0. The Bertz CT molecular complexity index is 776. The van der Waals surface area contributed by atoms with Gasteiger partial charge in [-0.25, -0.2) is 0 Å². The Morgan fingerprint density at radius 3 is 2.57 bits per heavy atom. The van der Waals surface area contributed by atoms with Crippen molar-refractivity contribution in [2.24, 2.45) is 5.41 Å². The standard InChI is InChI=1S/C19H20O2/c1-18-10-8-17(21)19(18,2)9-7-15-14-5-4-13(20)11-12(14)3-6-16(15)18/h3-6,11,20H,7-10H2,1-2H3/t18-,19-/m0/s1. The lowest BCUT2D eigenvalue weighted by Gasteiger charge is -2.45. The average molecular weight is 280 g/mol. The predicted molar refractivity (Wildman–Crippen MR) is 83.6 cm³/mol. The van der Waals surface area contributed by atoms with Gasteiger partial charge >= 0.3 is 0 Å². The van der Waals surface area contributed by atoms with Gasteiger partial charge < -0.3 is 5.11 Å². The molecule has 0 saturated heterocycles. The van der Waals surface area contributed by atoms with Crippen molar-refractivity contribution in [1.82, 2.24) is 0 Å². The largest absolute Gasteiger partial charge is 0.508 e. The smallest absolute Gasteiger partial charge is 0.139 e. The lowest BCUT2D eigenvalue weighted by atomic mass is 9.57. The van der Waals surface area contributed by atoms with Crippen molar-refractivity contribution >= 4 is 16.6 Å². The van der Waals surface area contributed by atoms with Gasteiger partial charge in [-0.3, -0.25) is 4.79 Å². The van der Waals surface area contributed by atoms with Gasteiger partial charge in [0.25, 0.3) is 0 Å². The monoisotopic (exact) mass is 280 g/mol. The molecule has 0 aliphatic heterocycles. The minimum absolute atomic E-state index is 0.0380. The number of carbonyl (C=O) groups is 1. The Labute approximate surface area is 124 Å². The van der Waals surface area contributed by atoms with E-state index in [1.807, 2.05) is 12.1 Å². The van der Waals surface area contributed by atoms with E-state index in [1.54, 1.807) is 6.07 Å². The summed E-state index contributed by atoms with van der Waals surface area (Å²) in [4.78, 5) is 12.4. The van der Waals surface area contributed by atoms with Crippen LogP contribution in [0.15, 0.2) is 30.3 Å². The molecule has 2 nitrogen and oxygen atoms in total. The van der Waals surface area contributed by atoms with Crippen LogP contribution in [0.5, 0.6) is 5.75 Å². The highest BCUT2D eigenvalue weighted by atomic mass is 16.3. The molecule has 1 N–H and O–H groups in total. The highest BCUT2D eigenvalue weighted by Crippen LogP contribution is 2.58. The summed E-state index contributed by atoms with van der Waals surface area (Å²) in [6, 6.07) is 9.89. The molecule has 1 fully saturated rings. The first-order valence-corrected chi connectivity index (χ1v) is 7.74. The Hall–Kier alpha value is -1.83. The van der Waals surface area contributed by atoms with Crippen molar-refractivity contribution < 1.29 is 9.90 Å². The molecule has 2 heteroatoms. The molecule has 0 amide bonds. The van der Waals surface area contributed by atoms with E-state index in [9.17, 15) is 9.90 Å². The second-order valence-electron chi connectivity index (χ2n) is 7.08. The van der Waals surface area contributed by atoms with Crippen LogP contribution in [0.2, 0.25) is 0 Å². The van der Waals surface area contributed by atoms with Gasteiger partial charge in [0.05, 0.1) is 0 Å². The molecule has 2 aromatic carbocycles. The SMILES string of the molecule is C[C@@]12CCc3c(ccc4cc(O)ccc34)[C@]1(C)CCC2=O. The van der Waals surface area contributed by atoms with E-state index >= 15 is 0 Å². The number of phenolic OH excluding ortho intramolecular Hbond substituents is 1. The van der Waals surface area contributed by atoms with E-state index in [0.717, 1.165) is 24.6 Å². The molecule has 0 spiro atoms. The fourth-order valence-electron chi connectivity index (χ4n) is 4.61. The van der Waals surface area contributed by atoms with Gasteiger partial charge in [0.2, 0.25) is 0 Å². The van der Waals surface area contributed by atoms with E-state index < -0.39 is 0 Å². The van der Waals surface area contributed by atoms with Crippen LogP contribution in [0.3, 0.4) is 0 Å². The second kappa shape index (κ2) is 3.88. The number of carbonyl (C=O) groups excluding carboxylic acids is 1. The van der Waals surface area contributed by atoms with Crippen LogP contribution in [0.4, 0.5) is 0 Å². The average Bonchev–Trinajstić information content (AvgIpc) is 2.71. The van der Waals surface area contributed by atoms with Crippen LogP contribution < -0.4 is 0 Å². The van der Waals surface area contributed by atoms with E-state index in [0.29, 0.717) is 18.0 Å². The minimum Gasteiger partial charge on any atom is -0.508 e. The zero-order valence-electron chi connectivity index (χ0n) is 12.6. The van der Waals surface area contributed by atoms with Crippen molar-refractivity contribution in [3.8, 4) is 5.75 Å². The zero-order chi connectivity index (χ0) is 14.8. The number of aromatic hydroxyl groups is 1. The number of ketones is 1. The van der Waals surface area contributed by atoms with Gasteiger partial charge in [-0.05, 0) is 53.3 Å². The topological polar surface area (TPSA) is 37.3 Å². The van der Waals surface area contributed by atoms with Gasteiger partial charge in [0.15, 0.2) is 0 Å². The number of hydrogen-bond acceptors (Lipinski definition) is 2. The lowest BCUT2D eigenvalue weighted by Crippen LogP contribution is -2.44. The Balaban J connectivity index is 2.01. The highest BCUT2D eigenvalue weighted by Gasteiger charge is 2.57. The normalized spacial score (nSPS) is 31.2. The fraction of sp³-hybridized carbons (Fsp3) is 0.421. The molecule has 0 aromatic heterocycles. The lowest BCUT2D eigenvalue weighted by molar-refractivity contribution is -0.127. The first kappa shape index (κ1) is 12.9. The number of Topliss-reactive ketones (excluding diaryl/α,β-unsaturated/α-hetero) is 1. The third-order valence-corrected chi connectivity index (χ3v) is 6.27. The molecule has 2 atom stereocenters. The number of rotatable bonds is 0. The fourth-order valence-corrected chi connectivity index (χ4v) is 4.61. The van der Waals surface area contributed by atoms with Crippen LogP contribution in [-0.4, -0.2) is 10.9 Å². The molecule has 2 aliphatic rings. The summed E-state index contributed by atoms with van der Waals surface area (Å²) in [5.41, 5.74) is 2.48. The Morgan fingerprint density at radius 2 is 1.76 bits per heavy atom. The van der Waals surface area contributed by atoms with Crippen LogP contribution in [0, 0.1) is 5.41 Å². The summed E-state index contributed by atoms with van der Waals surface area (Å²) in [5, 5.41) is 12.0. The first-order valence-electron chi connectivity index (χ1n) is 7.74. The van der Waals surface area contributed by atoms with Crippen LogP contribution in [-0.2, 0) is 16.6 Å². The molecule has 1 saturated carbocycles. The van der Waals surface area contributed by atoms with Crippen LogP contribution in [0.25, 0.3) is 10.8 Å². The van der Waals surface area contributed by atoms with E-state index in [2.05, 4.69) is 26.0 Å². The number of phenols is 1. The van der Waals surface area contributed by atoms with Gasteiger partial charge in [0, 0.05) is 17.3 Å². The van der Waals surface area contributed by atoms with Crippen molar-refractivity contribution in [1.29, 1.82) is 0 Å². The summed E-state index contributed by atoms with van der Waals surface area (Å²) >= 11 is 0. The van der Waals surface area contributed by atoms with E-state index in [1.165, 1.54) is 16.5 Å². The molecule has 2 aromatic rings. The van der Waals surface area contributed by atoms with Gasteiger partial charge in [0.1, 0.15) is 11.5 Å². The van der Waals surface area contributed by atoms with Gasteiger partial charge in [-0.1, -0.05) is 32.0 Å². The third kappa shape index (κ3) is 1.45. The van der Waals surface area contributed by atoms with E-state index in [4.69, 9.17) is 0 Å².